The van der Waals surface area contributed by atoms with E-state index in [0.29, 0.717) is 11.1 Å². The zero-order chi connectivity index (χ0) is 31.4. The molecule has 0 aliphatic rings. The van der Waals surface area contributed by atoms with E-state index in [2.05, 4.69) is 21.3 Å². The van der Waals surface area contributed by atoms with Crippen LogP contribution in [-0.4, -0.2) is 86.7 Å². The van der Waals surface area contributed by atoms with Gasteiger partial charge in [0, 0.05) is 6.42 Å². The fourth-order valence-corrected chi connectivity index (χ4v) is 3.65. The summed E-state index contributed by atoms with van der Waals surface area (Å²) >= 11 is 0. The molecule has 0 saturated carbocycles. The van der Waals surface area contributed by atoms with Crippen molar-refractivity contribution in [1.29, 1.82) is 0 Å². The second-order valence-electron chi connectivity index (χ2n) is 9.41. The SMILES string of the molecule is CC(NC(=O)CNC(=O)C(CC(=O)O)NC(=O)C(N)Cc1ccc(O)cc1)C(=O)NC(Cc1ccc(O)cc1)C(=O)O. The first-order valence-corrected chi connectivity index (χ1v) is 12.7. The molecule has 2 rings (SSSR count). The Labute approximate surface area is 240 Å². The van der Waals surface area contributed by atoms with E-state index in [1.165, 1.54) is 43.3 Å². The highest BCUT2D eigenvalue weighted by atomic mass is 16.4. The molecule has 4 unspecified atom stereocenters. The second-order valence-corrected chi connectivity index (χ2v) is 9.41. The van der Waals surface area contributed by atoms with Gasteiger partial charge in [-0.15, -0.1) is 0 Å². The molecule has 0 saturated heterocycles. The van der Waals surface area contributed by atoms with Crippen LogP contribution in [-0.2, 0) is 41.6 Å². The van der Waals surface area contributed by atoms with Gasteiger partial charge in [0.05, 0.1) is 19.0 Å². The Hall–Kier alpha value is -5.18. The van der Waals surface area contributed by atoms with Crippen LogP contribution < -0.4 is 27.0 Å². The summed E-state index contributed by atoms with van der Waals surface area (Å²) in [7, 11) is 0. The Morgan fingerprint density at radius 3 is 1.71 bits per heavy atom. The lowest BCUT2D eigenvalue weighted by molar-refractivity contribution is -0.142. The van der Waals surface area contributed by atoms with Gasteiger partial charge in [-0.2, -0.15) is 0 Å². The number of nitrogens with one attached hydrogen (secondary N) is 4. The fourth-order valence-electron chi connectivity index (χ4n) is 3.65. The number of carbonyl (C=O) groups excluding carboxylic acids is 4. The Balaban J connectivity index is 1.88. The second kappa shape index (κ2) is 15.6. The smallest absolute Gasteiger partial charge is 0.326 e. The van der Waals surface area contributed by atoms with E-state index in [1.54, 1.807) is 12.1 Å². The Morgan fingerprint density at radius 1 is 0.714 bits per heavy atom. The number of hydrogen-bond donors (Lipinski definition) is 9. The molecular formula is C27H33N5O10. The number of benzene rings is 2. The summed E-state index contributed by atoms with van der Waals surface area (Å²) in [6.45, 7) is 0.606. The fraction of sp³-hybridized carbons (Fsp3) is 0.333. The molecule has 0 heterocycles. The predicted octanol–water partition coefficient (Wildman–Crippen LogP) is -1.64. The van der Waals surface area contributed by atoms with Gasteiger partial charge in [-0.25, -0.2) is 4.79 Å². The summed E-state index contributed by atoms with van der Waals surface area (Å²) in [5.41, 5.74) is 7.01. The average Bonchev–Trinajstić information content (AvgIpc) is 2.92. The van der Waals surface area contributed by atoms with Crippen LogP contribution in [0, 0.1) is 0 Å². The summed E-state index contributed by atoms with van der Waals surface area (Å²) in [6.07, 6.45) is -0.859. The van der Waals surface area contributed by atoms with Crippen molar-refractivity contribution in [3.8, 4) is 11.5 Å². The number of phenols is 2. The lowest BCUT2D eigenvalue weighted by Gasteiger charge is -2.20. The van der Waals surface area contributed by atoms with Crippen molar-refractivity contribution < 1.29 is 49.2 Å². The molecule has 15 nitrogen and oxygen atoms in total. The number of aromatic hydroxyl groups is 2. The molecule has 4 atom stereocenters. The van der Waals surface area contributed by atoms with Crippen LogP contribution in [0.2, 0.25) is 0 Å². The van der Waals surface area contributed by atoms with E-state index in [9.17, 15) is 44.1 Å². The summed E-state index contributed by atoms with van der Waals surface area (Å²) in [6, 6.07) is 6.36. The summed E-state index contributed by atoms with van der Waals surface area (Å²) < 4.78 is 0. The van der Waals surface area contributed by atoms with Crippen LogP contribution in [0.1, 0.15) is 24.5 Å². The number of carbonyl (C=O) groups is 6. The van der Waals surface area contributed by atoms with E-state index in [0.717, 1.165) is 0 Å². The monoisotopic (exact) mass is 587 g/mol. The van der Waals surface area contributed by atoms with E-state index in [-0.39, 0.29) is 24.3 Å². The van der Waals surface area contributed by atoms with E-state index in [1.807, 2.05) is 0 Å². The number of carboxylic acids is 2. The molecule has 0 fully saturated rings. The Morgan fingerprint density at radius 2 is 1.21 bits per heavy atom. The molecular weight excluding hydrogens is 554 g/mol. The average molecular weight is 588 g/mol. The van der Waals surface area contributed by atoms with Crippen molar-refractivity contribution in [2.45, 2.75) is 50.4 Å². The number of hydrogen-bond acceptors (Lipinski definition) is 9. The van der Waals surface area contributed by atoms with Crippen LogP contribution in [0.3, 0.4) is 0 Å². The quantitative estimate of drug-likeness (QED) is 0.114. The number of aliphatic carboxylic acids is 2. The lowest BCUT2D eigenvalue weighted by Crippen LogP contribution is -2.55. The van der Waals surface area contributed by atoms with Crippen LogP contribution in [0.5, 0.6) is 11.5 Å². The zero-order valence-corrected chi connectivity index (χ0v) is 22.6. The molecule has 15 heteroatoms. The summed E-state index contributed by atoms with van der Waals surface area (Å²) in [5, 5.41) is 46.3. The maximum Gasteiger partial charge on any atom is 0.326 e. The van der Waals surface area contributed by atoms with Gasteiger partial charge >= 0.3 is 11.9 Å². The minimum Gasteiger partial charge on any atom is -0.508 e. The molecule has 2 aromatic carbocycles. The van der Waals surface area contributed by atoms with Gasteiger partial charge in [-0.3, -0.25) is 24.0 Å². The zero-order valence-electron chi connectivity index (χ0n) is 22.6. The maximum atomic E-state index is 12.6. The van der Waals surface area contributed by atoms with Crippen molar-refractivity contribution in [1.82, 2.24) is 21.3 Å². The molecule has 0 spiro atoms. The molecule has 0 aliphatic heterocycles. The molecule has 0 radical (unpaired) electrons. The third-order valence-electron chi connectivity index (χ3n) is 5.93. The molecule has 0 bridgehead atoms. The topological polar surface area (TPSA) is 257 Å². The van der Waals surface area contributed by atoms with Crippen molar-refractivity contribution >= 4 is 35.6 Å². The van der Waals surface area contributed by atoms with Crippen molar-refractivity contribution in [3.63, 3.8) is 0 Å². The van der Waals surface area contributed by atoms with Crippen LogP contribution in [0.15, 0.2) is 48.5 Å². The lowest BCUT2D eigenvalue weighted by atomic mass is 10.0. The van der Waals surface area contributed by atoms with E-state index < -0.39 is 72.7 Å². The van der Waals surface area contributed by atoms with Crippen molar-refractivity contribution in [2.24, 2.45) is 5.73 Å². The molecule has 0 aromatic heterocycles. The molecule has 10 N–H and O–H groups in total. The first-order chi connectivity index (χ1) is 19.7. The van der Waals surface area contributed by atoms with Crippen molar-refractivity contribution in [3.05, 3.63) is 59.7 Å². The normalized spacial score (nSPS) is 13.5. The molecule has 42 heavy (non-hydrogen) atoms. The highest BCUT2D eigenvalue weighted by Gasteiger charge is 2.28. The predicted molar refractivity (Wildman–Crippen MR) is 146 cm³/mol. The van der Waals surface area contributed by atoms with Gasteiger partial charge in [0.1, 0.15) is 29.6 Å². The minimum absolute atomic E-state index is 0.0102. The third kappa shape index (κ3) is 11.1. The Kier molecular flexibility index (Phi) is 12.2. The van der Waals surface area contributed by atoms with Gasteiger partial charge in [0.2, 0.25) is 23.6 Å². The third-order valence-corrected chi connectivity index (χ3v) is 5.93. The number of rotatable bonds is 15. The molecule has 0 aliphatic carbocycles. The Bertz CT molecular complexity index is 1280. The van der Waals surface area contributed by atoms with E-state index in [4.69, 9.17) is 10.8 Å². The van der Waals surface area contributed by atoms with Gasteiger partial charge in [0.15, 0.2) is 0 Å². The first kappa shape index (κ1) is 33.0. The standard InChI is InChI=1S/C27H33N5O10/c1-14(24(38)32-21(27(41)42)11-16-4-8-18(34)9-5-16)30-22(35)13-29-26(40)20(12-23(36)37)31-25(39)19(28)10-15-2-6-17(33)7-3-15/h2-9,14,19-21,33-34H,10-13,28H2,1H3,(H,29,40)(H,30,35)(H,31,39)(H,32,38)(H,36,37)(H,41,42). The molecule has 226 valence electrons. The van der Waals surface area contributed by atoms with Gasteiger partial charge < -0.3 is 47.4 Å². The number of carboxylic acid groups (broad SMARTS) is 2. The van der Waals surface area contributed by atoms with Gasteiger partial charge in [-0.05, 0) is 48.7 Å². The number of amides is 4. The highest BCUT2D eigenvalue weighted by molar-refractivity contribution is 5.95. The highest BCUT2D eigenvalue weighted by Crippen LogP contribution is 2.12. The molecule has 2 aromatic rings. The van der Waals surface area contributed by atoms with E-state index >= 15 is 0 Å². The number of nitrogens with two attached hydrogens (primary N) is 1. The largest absolute Gasteiger partial charge is 0.508 e. The first-order valence-electron chi connectivity index (χ1n) is 12.7. The minimum atomic E-state index is -1.56. The van der Waals surface area contributed by atoms with Crippen LogP contribution in [0.4, 0.5) is 0 Å². The maximum absolute atomic E-state index is 12.6. The van der Waals surface area contributed by atoms with Crippen LogP contribution in [0.25, 0.3) is 0 Å². The van der Waals surface area contributed by atoms with Crippen LogP contribution >= 0.6 is 0 Å². The van der Waals surface area contributed by atoms with Gasteiger partial charge in [0.25, 0.3) is 0 Å². The summed E-state index contributed by atoms with van der Waals surface area (Å²) in [4.78, 5) is 72.7. The van der Waals surface area contributed by atoms with Gasteiger partial charge in [-0.1, -0.05) is 24.3 Å². The number of phenolic OH excluding ortho intramolecular Hbond substituents is 2. The summed E-state index contributed by atoms with van der Waals surface area (Å²) in [5.74, 6) is -6.20. The molecule has 4 amide bonds. The van der Waals surface area contributed by atoms with Crippen molar-refractivity contribution in [2.75, 3.05) is 6.54 Å².